The Morgan fingerprint density at radius 1 is 1.62 bits per heavy atom. The molecular formula is C11H19N3OS. The van der Waals surface area contributed by atoms with Gasteiger partial charge in [0.2, 0.25) is 0 Å². The zero-order chi connectivity index (χ0) is 11.4. The number of rotatable bonds is 5. The van der Waals surface area contributed by atoms with Crippen LogP contribution in [0.15, 0.2) is 0 Å². The highest BCUT2D eigenvalue weighted by Gasteiger charge is 2.29. The zero-order valence-corrected chi connectivity index (χ0v) is 10.7. The van der Waals surface area contributed by atoms with Gasteiger partial charge in [-0.1, -0.05) is 11.4 Å². The van der Waals surface area contributed by atoms with Crippen LogP contribution in [0.2, 0.25) is 0 Å². The first kappa shape index (κ1) is 12.0. The molecule has 4 nitrogen and oxygen atoms in total. The van der Waals surface area contributed by atoms with Gasteiger partial charge in [-0.05, 0) is 37.8 Å². The smallest absolute Gasteiger partial charge is 0.0772 e. The summed E-state index contributed by atoms with van der Waals surface area (Å²) >= 11 is 1.52. The number of hydrogen-bond acceptors (Lipinski definition) is 5. The Kier molecular flexibility index (Phi) is 4.26. The standard InChI is InChI=1S/C11H19N3OS/c1-3-5-12-10(9-4-6-15-7-9)11-8(2)13-14-16-11/h9-10,12H,3-7H2,1-2H3. The third-order valence-corrected chi connectivity index (χ3v) is 3.93. The maximum atomic E-state index is 5.48. The predicted molar refractivity (Wildman–Crippen MR) is 64.6 cm³/mol. The second-order valence-corrected chi connectivity index (χ2v) is 5.06. The van der Waals surface area contributed by atoms with E-state index >= 15 is 0 Å². The molecule has 16 heavy (non-hydrogen) atoms. The van der Waals surface area contributed by atoms with Gasteiger partial charge in [0.05, 0.1) is 23.2 Å². The Labute approximate surface area is 101 Å². The average molecular weight is 241 g/mol. The minimum Gasteiger partial charge on any atom is -0.381 e. The number of aryl methyl sites for hydroxylation is 1. The third kappa shape index (κ3) is 2.59. The second kappa shape index (κ2) is 5.70. The lowest BCUT2D eigenvalue weighted by atomic mass is 9.96. The molecule has 1 aliphatic rings. The van der Waals surface area contributed by atoms with Crippen LogP contribution in [-0.4, -0.2) is 29.3 Å². The molecule has 0 aromatic carbocycles. The van der Waals surface area contributed by atoms with Crippen LogP contribution in [0.4, 0.5) is 0 Å². The van der Waals surface area contributed by atoms with E-state index in [-0.39, 0.29) is 0 Å². The van der Waals surface area contributed by atoms with Gasteiger partial charge in [-0.15, -0.1) is 5.10 Å². The first-order chi connectivity index (χ1) is 7.83. The van der Waals surface area contributed by atoms with Crippen LogP contribution in [0.3, 0.4) is 0 Å². The first-order valence-electron chi connectivity index (χ1n) is 5.93. The fourth-order valence-electron chi connectivity index (χ4n) is 2.11. The summed E-state index contributed by atoms with van der Waals surface area (Å²) in [6.45, 7) is 7.01. The average Bonchev–Trinajstić information content (AvgIpc) is 2.91. The highest BCUT2D eigenvalue weighted by Crippen LogP contribution is 2.31. The number of hydrogen-bond donors (Lipinski definition) is 1. The summed E-state index contributed by atoms with van der Waals surface area (Å²) in [5.41, 5.74) is 1.06. The van der Waals surface area contributed by atoms with E-state index < -0.39 is 0 Å². The maximum Gasteiger partial charge on any atom is 0.0772 e. The largest absolute Gasteiger partial charge is 0.381 e. The molecule has 0 spiro atoms. The van der Waals surface area contributed by atoms with Crippen molar-refractivity contribution in [2.75, 3.05) is 19.8 Å². The Balaban J connectivity index is 2.10. The minimum atomic E-state index is 0.377. The molecule has 1 saturated heterocycles. The molecule has 5 heteroatoms. The molecule has 1 aromatic rings. The van der Waals surface area contributed by atoms with Crippen LogP contribution >= 0.6 is 11.5 Å². The van der Waals surface area contributed by atoms with Gasteiger partial charge in [-0.2, -0.15) is 0 Å². The molecule has 0 saturated carbocycles. The highest BCUT2D eigenvalue weighted by atomic mass is 32.1. The fourth-order valence-corrected chi connectivity index (χ4v) is 2.93. The lowest BCUT2D eigenvalue weighted by Gasteiger charge is -2.22. The number of ether oxygens (including phenoxy) is 1. The number of aromatic nitrogens is 2. The molecule has 1 aliphatic heterocycles. The van der Waals surface area contributed by atoms with Crippen LogP contribution in [0.1, 0.15) is 36.4 Å². The van der Waals surface area contributed by atoms with Gasteiger partial charge in [-0.3, -0.25) is 0 Å². The second-order valence-electron chi connectivity index (χ2n) is 4.28. The third-order valence-electron chi connectivity index (χ3n) is 3.02. The summed E-state index contributed by atoms with van der Waals surface area (Å²) in [5.74, 6) is 0.576. The highest BCUT2D eigenvalue weighted by molar-refractivity contribution is 7.05. The van der Waals surface area contributed by atoms with Gasteiger partial charge in [-0.25, -0.2) is 0 Å². The van der Waals surface area contributed by atoms with Crippen LogP contribution in [-0.2, 0) is 4.74 Å². The van der Waals surface area contributed by atoms with Crippen molar-refractivity contribution in [2.45, 2.75) is 32.7 Å². The zero-order valence-electron chi connectivity index (χ0n) is 9.90. The molecule has 0 bridgehead atoms. The van der Waals surface area contributed by atoms with Gasteiger partial charge in [0.25, 0.3) is 0 Å². The molecule has 2 heterocycles. The van der Waals surface area contributed by atoms with Crippen molar-refractivity contribution >= 4 is 11.5 Å². The van der Waals surface area contributed by atoms with Crippen molar-refractivity contribution in [3.8, 4) is 0 Å². The van der Waals surface area contributed by atoms with E-state index in [0.29, 0.717) is 12.0 Å². The maximum absolute atomic E-state index is 5.48. The van der Waals surface area contributed by atoms with Crippen molar-refractivity contribution in [1.29, 1.82) is 0 Å². The van der Waals surface area contributed by atoms with E-state index in [1.807, 2.05) is 6.92 Å². The predicted octanol–water partition coefficient (Wildman–Crippen LogP) is 1.92. The van der Waals surface area contributed by atoms with Gasteiger partial charge in [0.1, 0.15) is 0 Å². The summed E-state index contributed by atoms with van der Waals surface area (Å²) in [6, 6.07) is 0.377. The van der Waals surface area contributed by atoms with Crippen LogP contribution < -0.4 is 5.32 Å². The molecule has 0 amide bonds. The Bertz CT molecular complexity index is 323. The Hall–Kier alpha value is -0.520. The number of nitrogens with zero attached hydrogens (tertiary/aromatic N) is 2. The molecular weight excluding hydrogens is 222 g/mol. The van der Waals surface area contributed by atoms with Crippen LogP contribution in [0, 0.1) is 12.8 Å². The summed E-state index contributed by atoms with van der Waals surface area (Å²) in [6.07, 6.45) is 2.29. The van der Waals surface area contributed by atoms with Crippen LogP contribution in [0.5, 0.6) is 0 Å². The molecule has 90 valence electrons. The molecule has 2 unspecified atom stereocenters. The van der Waals surface area contributed by atoms with Crippen molar-refractivity contribution in [1.82, 2.24) is 14.9 Å². The summed E-state index contributed by atoms with van der Waals surface area (Å²) in [7, 11) is 0. The summed E-state index contributed by atoms with van der Waals surface area (Å²) < 4.78 is 9.51. The molecule has 1 aromatic heterocycles. The molecule has 1 fully saturated rings. The lowest BCUT2D eigenvalue weighted by molar-refractivity contribution is 0.177. The summed E-state index contributed by atoms with van der Waals surface area (Å²) in [5, 5.41) is 7.71. The van der Waals surface area contributed by atoms with E-state index in [0.717, 1.165) is 38.3 Å². The monoisotopic (exact) mass is 241 g/mol. The first-order valence-corrected chi connectivity index (χ1v) is 6.70. The molecule has 2 rings (SSSR count). The molecule has 0 aliphatic carbocycles. The van der Waals surface area contributed by atoms with E-state index in [9.17, 15) is 0 Å². The van der Waals surface area contributed by atoms with Crippen molar-refractivity contribution in [3.63, 3.8) is 0 Å². The molecule has 1 N–H and O–H groups in total. The van der Waals surface area contributed by atoms with Gasteiger partial charge >= 0.3 is 0 Å². The SMILES string of the molecule is CCCNC(c1snnc1C)C1CCOC1. The van der Waals surface area contributed by atoms with E-state index in [4.69, 9.17) is 4.74 Å². The van der Waals surface area contributed by atoms with Crippen molar-refractivity contribution in [3.05, 3.63) is 10.6 Å². The normalized spacial score (nSPS) is 22.5. The van der Waals surface area contributed by atoms with Gasteiger partial charge in [0, 0.05) is 12.5 Å². The lowest BCUT2D eigenvalue weighted by Crippen LogP contribution is -2.29. The van der Waals surface area contributed by atoms with E-state index in [1.54, 1.807) is 0 Å². The Morgan fingerprint density at radius 3 is 3.06 bits per heavy atom. The van der Waals surface area contributed by atoms with E-state index in [1.165, 1.54) is 16.4 Å². The Morgan fingerprint density at radius 2 is 2.50 bits per heavy atom. The molecule has 0 radical (unpaired) electrons. The minimum absolute atomic E-state index is 0.377. The van der Waals surface area contributed by atoms with Crippen molar-refractivity contribution in [2.24, 2.45) is 5.92 Å². The topological polar surface area (TPSA) is 47.0 Å². The van der Waals surface area contributed by atoms with Crippen LogP contribution in [0.25, 0.3) is 0 Å². The van der Waals surface area contributed by atoms with E-state index in [2.05, 4.69) is 21.8 Å². The quantitative estimate of drug-likeness (QED) is 0.855. The van der Waals surface area contributed by atoms with Gasteiger partial charge < -0.3 is 10.1 Å². The van der Waals surface area contributed by atoms with Gasteiger partial charge in [0.15, 0.2) is 0 Å². The molecule has 2 atom stereocenters. The summed E-state index contributed by atoms with van der Waals surface area (Å²) in [4.78, 5) is 1.28. The fraction of sp³-hybridized carbons (Fsp3) is 0.818. The van der Waals surface area contributed by atoms with Crippen molar-refractivity contribution < 1.29 is 4.74 Å². The number of nitrogens with one attached hydrogen (secondary N) is 1.